The molecule has 0 aliphatic carbocycles. The molecule has 0 spiro atoms. The highest BCUT2D eigenvalue weighted by Crippen LogP contribution is 2.35. The molecule has 0 heterocycles. The van der Waals surface area contributed by atoms with Gasteiger partial charge < -0.3 is 21.3 Å². The number of hydrogen-bond donors (Lipinski definition) is 3. The number of hydrogen-bond acceptors (Lipinski definition) is 6. The first-order valence-electron chi connectivity index (χ1n) is 33.7. The third-order valence-electron chi connectivity index (χ3n) is 15.7. The van der Waals surface area contributed by atoms with Crippen LogP contribution in [-0.4, -0.2) is 27.9 Å². The molecular formula is C82H121Br2ClN2O5. The number of benzene rings is 6. The van der Waals surface area contributed by atoms with Gasteiger partial charge in [-0.25, -0.2) is 0 Å². The maximum atomic E-state index is 12.0. The quantitative estimate of drug-likeness (QED) is 0.0443. The van der Waals surface area contributed by atoms with E-state index in [4.69, 9.17) is 32.9 Å². The Hall–Kier alpha value is -5.22. The molecule has 5 N–H and O–H groups in total. The Balaban J connectivity index is 0.000000555. The lowest BCUT2D eigenvalue weighted by molar-refractivity contribution is -0.154. The van der Waals surface area contributed by atoms with E-state index in [0.29, 0.717) is 83.9 Å². The first-order chi connectivity index (χ1) is 42.3. The standard InChI is InChI=1S/C18H28O2.C14H19ClO.C14H20O2.C12H18BrN.C12H17Br.C12H19N/c1-12(2)15-8-14(9-16(11-15)13(3)4)10-17(19)20-18(5,6)7;2*1-9(2)12-5-11(7-14(15)16)6-13(8-12)10(3)4;1-7(2)10-5-9(13)6-11(8(3)4)12(10)14;1-8(2)10-5-11(9(3)4)7-12(13)6-10;1-8(2)10-6-5-7-11(9(3)4)12(10)13/h8-9,11-13H,10H2,1-7H3;5-6,8-10H,7H2,1-4H3;5-6,8-10H,7H2,1-4H3,(H,15,16);5-8H,14H2,1-4H3;5-9H,1-4H3;5-9H,13H2,1-4H3. The largest absolute Gasteiger partial charge is 0.481 e. The Kier molecular flexibility index (Phi) is 37.1. The second-order valence-corrected chi connectivity index (χ2v) is 31.7. The van der Waals surface area contributed by atoms with Gasteiger partial charge in [0.25, 0.3) is 0 Å². The number of carboxylic acid groups (broad SMARTS) is 1. The predicted molar refractivity (Wildman–Crippen MR) is 407 cm³/mol. The van der Waals surface area contributed by atoms with E-state index in [9.17, 15) is 14.4 Å². The molecule has 0 radical (unpaired) electrons. The van der Waals surface area contributed by atoms with Crippen LogP contribution in [-0.2, 0) is 38.4 Å². The van der Waals surface area contributed by atoms with Crippen molar-refractivity contribution in [1.29, 1.82) is 0 Å². The fraction of sp³-hybridized carbons (Fsp3) is 0.524. The fourth-order valence-corrected chi connectivity index (χ4v) is 11.1. The summed E-state index contributed by atoms with van der Waals surface area (Å²) in [7, 11) is 0. The van der Waals surface area contributed by atoms with E-state index in [2.05, 4.69) is 289 Å². The van der Waals surface area contributed by atoms with Gasteiger partial charge in [-0.1, -0.05) is 277 Å². The van der Waals surface area contributed by atoms with Crippen molar-refractivity contribution in [2.45, 2.75) is 283 Å². The number of ether oxygens (including phenoxy) is 1. The van der Waals surface area contributed by atoms with Crippen LogP contribution in [0.15, 0.2) is 112 Å². The highest BCUT2D eigenvalue weighted by Gasteiger charge is 2.19. The molecule has 0 aliphatic rings. The number of anilines is 2. The third-order valence-corrected chi connectivity index (χ3v) is 16.8. The first kappa shape index (κ1) is 84.8. The molecule has 0 amide bonds. The molecule has 6 aromatic carbocycles. The fourth-order valence-electron chi connectivity index (χ4n) is 9.95. The monoisotopic (exact) mass is 1410 g/mol. The molecule has 92 heavy (non-hydrogen) atoms. The van der Waals surface area contributed by atoms with Gasteiger partial charge in [0, 0.05) is 26.7 Å². The lowest BCUT2D eigenvalue weighted by atomic mass is 9.92. The zero-order chi connectivity index (χ0) is 71.0. The number of nitrogens with two attached hydrogens (primary N) is 2. The summed E-state index contributed by atoms with van der Waals surface area (Å²) in [6.07, 6.45) is 0.777. The zero-order valence-corrected chi connectivity index (χ0v) is 65.7. The summed E-state index contributed by atoms with van der Waals surface area (Å²) in [5.74, 6) is 5.02. The molecule has 0 aliphatic heterocycles. The Labute approximate surface area is 582 Å². The average molecular weight is 1410 g/mol. The van der Waals surface area contributed by atoms with Crippen molar-refractivity contribution in [3.05, 3.63) is 196 Å². The number of nitrogen functional groups attached to an aromatic ring is 2. The van der Waals surface area contributed by atoms with Crippen molar-refractivity contribution in [3.63, 3.8) is 0 Å². The van der Waals surface area contributed by atoms with Gasteiger partial charge >= 0.3 is 11.9 Å². The lowest BCUT2D eigenvalue weighted by Crippen LogP contribution is -2.25. The van der Waals surface area contributed by atoms with Gasteiger partial charge in [-0.05, 0) is 211 Å². The van der Waals surface area contributed by atoms with Crippen LogP contribution in [0.25, 0.3) is 0 Å². The Bertz CT molecular complexity index is 3010. The van der Waals surface area contributed by atoms with Gasteiger partial charge in [0.2, 0.25) is 5.24 Å². The molecule has 0 saturated carbocycles. The molecular weight excluding hydrogens is 1290 g/mol. The van der Waals surface area contributed by atoms with E-state index in [-0.39, 0.29) is 17.6 Å². The maximum Gasteiger partial charge on any atom is 0.310 e. The molecule has 0 unspecified atom stereocenters. The van der Waals surface area contributed by atoms with Crippen molar-refractivity contribution in [1.82, 2.24) is 0 Å². The van der Waals surface area contributed by atoms with Crippen molar-refractivity contribution < 1.29 is 24.2 Å². The third kappa shape index (κ3) is 31.3. The topological polar surface area (TPSA) is 133 Å². The number of rotatable bonds is 18. The number of esters is 1. The highest BCUT2D eigenvalue weighted by atomic mass is 79.9. The summed E-state index contributed by atoms with van der Waals surface area (Å²) in [6.45, 7) is 57.8. The normalized spacial score (nSPS) is 11.4. The van der Waals surface area contributed by atoms with Crippen LogP contribution in [0.3, 0.4) is 0 Å². The molecule has 0 aromatic heterocycles. The van der Waals surface area contributed by atoms with Crippen LogP contribution in [0, 0.1) is 0 Å². The highest BCUT2D eigenvalue weighted by molar-refractivity contribution is 9.10. The summed E-state index contributed by atoms with van der Waals surface area (Å²) < 4.78 is 7.72. The molecule has 0 fully saturated rings. The van der Waals surface area contributed by atoms with Gasteiger partial charge in [0.05, 0.1) is 12.8 Å². The summed E-state index contributed by atoms with van der Waals surface area (Å²) in [5.41, 5.74) is 32.1. The molecule has 10 heteroatoms. The molecule has 0 atom stereocenters. The van der Waals surface area contributed by atoms with Gasteiger partial charge in [-0.2, -0.15) is 0 Å². The SMILES string of the molecule is CC(C)c1cc(Br)cc(C(C)C)c1.CC(C)c1cc(Br)cc(C(C)C)c1N.CC(C)c1cc(CC(=O)Cl)cc(C(C)C)c1.CC(C)c1cc(CC(=O)O)cc(C(C)C)c1.CC(C)c1cc(CC(=O)OC(C)(C)C)cc(C(C)C)c1.CC(C)c1cccc(C(C)C)c1N. The van der Waals surface area contributed by atoms with Crippen LogP contribution < -0.4 is 11.5 Å². The van der Waals surface area contributed by atoms with Crippen LogP contribution in [0.4, 0.5) is 11.4 Å². The Morgan fingerprint density at radius 1 is 0.380 bits per heavy atom. The number of para-hydroxylation sites is 1. The Morgan fingerprint density at radius 3 is 0.859 bits per heavy atom. The van der Waals surface area contributed by atoms with Crippen LogP contribution >= 0.6 is 43.5 Å². The van der Waals surface area contributed by atoms with E-state index in [1.54, 1.807) is 0 Å². The minimum absolute atomic E-state index is 0.111. The van der Waals surface area contributed by atoms with Gasteiger partial charge in [0.1, 0.15) is 5.60 Å². The minimum Gasteiger partial charge on any atom is -0.481 e. The summed E-state index contributed by atoms with van der Waals surface area (Å²) >= 11 is 12.5. The molecule has 6 aromatic rings. The zero-order valence-electron chi connectivity index (χ0n) is 61.7. The second-order valence-electron chi connectivity index (χ2n) is 29.4. The average Bonchev–Trinajstić information content (AvgIpc) is 2.13. The van der Waals surface area contributed by atoms with E-state index in [1.165, 1.54) is 71.2 Å². The second kappa shape index (κ2) is 40.2. The van der Waals surface area contributed by atoms with E-state index in [0.717, 1.165) is 32.5 Å². The van der Waals surface area contributed by atoms with E-state index in [1.807, 2.05) is 32.9 Å². The van der Waals surface area contributed by atoms with Crippen molar-refractivity contribution in [2.24, 2.45) is 0 Å². The van der Waals surface area contributed by atoms with Crippen LogP contribution in [0.1, 0.15) is 341 Å². The summed E-state index contributed by atoms with van der Waals surface area (Å²) in [5, 5.41) is 8.53. The van der Waals surface area contributed by atoms with Crippen molar-refractivity contribution >= 4 is 72.0 Å². The number of carbonyl (C=O) groups is 3. The Morgan fingerprint density at radius 2 is 0.620 bits per heavy atom. The number of halogens is 3. The smallest absolute Gasteiger partial charge is 0.310 e. The number of carboxylic acids is 1. The van der Waals surface area contributed by atoms with E-state index < -0.39 is 11.6 Å². The minimum atomic E-state index is -0.768. The van der Waals surface area contributed by atoms with Crippen LogP contribution in [0.2, 0.25) is 0 Å². The van der Waals surface area contributed by atoms with Crippen LogP contribution in [0.5, 0.6) is 0 Å². The first-order valence-corrected chi connectivity index (χ1v) is 35.6. The molecule has 0 saturated heterocycles. The summed E-state index contributed by atoms with van der Waals surface area (Å²) in [4.78, 5) is 33.6. The van der Waals surface area contributed by atoms with Gasteiger partial charge in [-0.15, -0.1) is 0 Å². The molecule has 7 nitrogen and oxygen atoms in total. The maximum absolute atomic E-state index is 12.0. The molecule has 510 valence electrons. The number of aliphatic carboxylic acids is 1. The van der Waals surface area contributed by atoms with E-state index >= 15 is 0 Å². The lowest BCUT2D eigenvalue weighted by Gasteiger charge is -2.20. The van der Waals surface area contributed by atoms with Crippen molar-refractivity contribution in [3.8, 4) is 0 Å². The molecule has 6 rings (SSSR count). The molecule has 0 bridgehead atoms. The number of carbonyl (C=O) groups excluding carboxylic acids is 2. The van der Waals surface area contributed by atoms with Gasteiger partial charge in [0.15, 0.2) is 0 Å². The predicted octanol–water partition coefficient (Wildman–Crippen LogP) is 25.1. The summed E-state index contributed by atoms with van der Waals surface area (Å²) in [6, 6.07) is 36.3. The van der Waals surface area contributed by atoms with Gasteiger partial charge in [-0.3, -0.25) is 14.4 Å². The van der Waals surface area contributed by atoms with Crippen molar-refractivity contribution in [2.75, 3.05) is 11.5 Å².